The van der Waals surface area contributed by atoms with Crippen LogP contribution in [0.4, 0.5) is 4.39 Å². The summed E-state index contributed by atoms with van der Waals surface area (Å²) in [6, 6.07) is 6.33. The quantitative estimate of drug-likeness (QED) is 0.733. The van der Waals surface area contributed by atoms with E-state index in [1.54, 1.807) is 24.4 Å². The molecule has 1 heterocycles. The molecule has 0 amide bonds. The van der Waals surface area contributed by atoms with E-state index >= 15 is 0 Å². The number of pyridine rings is 1. The minimum Gasteiger partial charge on any atom is -0.310 e. The molecule has 0 atom stereocenters. The first-order chi connectivity index (χ1) is 8.49. The Morgan fingerprint density at radius 2 is 2.17 bits per heavy atom. The highest BCUT2D eigenvalue weighted by atomic mass is 127. The molecule has 0 saturated heterocycles. The molecule has 0 saturated carbocycles. The fraction of sp³-hybridized carbons (Fsp3) is 0.154. The molecule has 0 aliphatic carbocycles. The summed E-state index contributed by atoms with van der Waals surface area (Å²) < 4.78 is 16.2. The molecule has 2 rings (SSSR count). The van der Waals surface area contributed by atoms with Gasteiger partial charge in [0.05, 0.1) is 11.6 Å². The van der Waals surface area contributed by atoms with Crippen LogP contribution in [0.25, 0.3) is 0 Å². The number of hydrogen-bond acceptors (Lipinski definition) is 1. The van der Waals surface area contributed by atoms with E-state index in [2.05, 4.69) is 22.6 Å². The van der Waals surface area contributed by atoms with Crippen molar-refractivity contribution < 1.29 is 4.39 Å². The lowest BCUT2D eigenvalue weighted by molar-refractivity contribution is 0.596. The van der Waals surface area contributed by atoms with E-state index in [-0.39, 0.29) is 17.1 Å². The van der Waals surface area contributed by atoms with Gasteiger partial charge in [0.25, 0.3) is 5.56 Å². The predicted octanol–water partition coefficient (Wildman–Crippen LogP) is 3.60. The third kappa shape index (κ3) is 2.75. The SMILES string of the molecule is Cc1cc(=O)n(Cc2cccc(Cl)c2F)cc1I. The van der Waals surface area contributed by atoms with Crippen LogP contribution < -0.4 is 5.56 Å². The lowest BCUT2D eigenvalue weighted by Gasteiger charge is -2.09. The second kappa shape index (κ2) is 5.40. The smallest absolute Gasteiger partial charge is 0.251 e. The Kier molecular flexibility index (Phi) is 4.07. The highest BCUT2D eigenvalue weighted by molar-refractivity contribution is 14.1. The summed E-state index contributed by atoms with van der Waals surface area (Å²) in [6.07, 6.45) is 1.72. The molecule has 0 radical (unpaired) electrons. The second-order valence-corrected chi connectivity index (χ2v) is 5.55. The van der Waals surface area contributed by atoms with Gasteiger partial charge in [-0.15, -0.1) is 0 Å². The summed E-state index contributed by atoms with van der Waals surface area (Å²) in [5.41, 5.74) is 1.18. The van der Waals surface area contributed by atoms with E-state index in [1.807, 2.05) is 6.92 Å². The van der Waals surface area contributed by atoms with Gasteiger partial charge in [0.2, 0.25) is 0 Å². The third-order valence-corrected chi connectivity index (χ3v) is 4.06. The molecule has 18 heavy (non-hydrogen) atoms. The van der Waals surface area contributed by atoms with Gasteiger partial charge in [0.15, 0.2) is 0 Å². The van der Waals surface area contributed by atoms with Gasteiger partial charge in [-0.3, -0.25) is 4.79 Å². The van der Waals surface area contributed by atoms with E-state index in [0.717, 1.165) is 9.13 Å². The zero-order chi connectivity index (χ0) is 13.3. The van der Waals surface area contributed by atoms with Crippen molar-refractivity contribution in [3.05, 3.63) is 66.4 Å². The third-order valence-electron chi connectivity index (χ3n) is 2.64. The molecule has 1 aromatic carbocycles. The first-order valence-electron chi connectivity index (χ1n) is 5.28. The van der Waals surface area contributed by atoms with Gasteiger partial charge in [0.1, 0.15) is 5.82 Å². The van der Waals surface area contributed by atoms with E-state index in [4.69, 9.17) is 11.6 Å². The van der Waals surface area contributed by atoms with Crippen LogP contribution in [0.15, 0.2) is 35.3 Å². The van der Waals surface area contributed by atoms with Crippen molar-refractivity contribution >= 4 is 34.2 Å². The Bertz CT molecular complexity index is 654. The van der Waals surface area contributed by atoms with Crippen LogP contribution in [-0.4, -0.2) is 4.57 Å². The van der Waals surface area contributed by atoms with Gasteiger partial charge in [-0.05, 0) is 41.1 Å². The molecule has 0 N–H and O–H groups in total. The summed E-state index contributed by atoms with van der Waals surface area (Å²) in [5, 5.41) is 0.0716. The summed E-state index contributed by atoms with van der Waals surface area (Å²) in [6.45, 7) is 2.05. The van der Waals surface area contributed by atoms with Crippen molar-refractivity contribution in [2.45, 2.75) is 13.5 Å². The lowest BCUT2D eigenvalue weighted by Crippen LogP contribution is -2.21. The standard InChI is InChI=1S/C13H10ClFINO/c1-8-5-12(18)17(7-11(8)16)6-9-3-2-4-10(14)13(9)15/h2-5,7H,6H2,1H3. The minimum absolute atomic E-state index is 0.0716. The number of nitrogens with zero attached hydrogens (tertiary/aromatic N) is 1. The van der Waals surface area contributed by atoms with E-state index in [9.17, 15) is 9.18 Å². The lowest BCUT2D eigenvalue weighted by atomic mass is 10.2. The second-order valence-electron chi connectivity index (χ2n) is 3.98. The number of benzene rings is 1. The number of hydrogen-bond donors (Lipinski definition) is 0. The molecule has 0 spiro atoms. The molecule has 2 nitrogen and oxygen atoms in total. The summed E-state index contributed by atoms with van der Waals surface area (Å²) in [5.74, 6) is -0.471. The van der Waals surface area contributed by atoms with Crippen LogP contribution in [0.3, 0.4) is 0 Å². The number of rotatable bonds is 2. The maximum absolute atomic E-state index is 13.7. The van der Waals surface area contributed by atoms with E-state index in [1.165, 1.54) is 10.6 Å². The van der Waals surface area contributed by atoms with Crippen LogP contribution in [0, 0.1) is 16.3 Å². The average molecular weight is 378 g/mol. The minimum atomic E-state index is -0.471. The molecule has 94 valence electrons. The highest BCUT2D eigenvalue weighted by Crippen LogP contribution is 2.18. The fourth-order valence-corrected chi connectivity index (χ4v) is 2.30. The number of aromatic nitrogens is 1. The van der Waals surface area contributed by atoms with Gasteiger partial charge in [-0.25, -0.2) is 4.39 Å². The van der Waals surface area contributed by atoms with Gasteiger partial charge in [-0.2, -0.15) is 0 Å². The first kappa shape index (κ1) is 13.5. The monoisotopic (exact) mass is 377 g/mol. The van der Waals surface area contributed by atoms with Crippen molar-refractivity contribution in [3.63, 3.8) is 0 Å². The Morgan fingerprint density at radius 3 is 2.89 bits per heavy atom. The molecule has 0 unspecified atom stereocenters. The van der Waals surface area contributed by atoms with Crippen LogP contribution >= 0.6 is 34.2 Å². The molecule has 0 fully saturated rings. The molecule has 0 aliphatic rings. The van der Waals surface area contributed by atoms with Gasteiger partial charge in [0, 0.05) is 21.4 Å². The Labute approximate surface area is 123 Å². The molecular formula is C13H10ClFINO. The molecular weight excluding hydrogens is 368 g/mol. The Hall–Kier alpha value is -0.880. The summed E-state index contributed by atoms with van der Waals surface area (Å²) in [4.78, 5) is 11.8. The Morgan fingerprint density at radius 1 is 1.44 bits per heavy atom. The van der Waals surface area contributed by atoms with E-state index in [0.29, 0.717) is 5.56 Å². The highest BCUT2D eigenvalue weighted by Gasteiger charge is 2.08. The normalized spacial score (nSPS) is 10.7. The zero-order valence-electron chi connectivity index (χ0n) is 9.58. The van der Waals surface area contributed by atoms with Crippen molar-refractivity contribution in [2.24, 2.45) is 0 Å². The molecule has 0 aliphatic heterocycles. The maximum atomic E-state index is 13.7. The van der Waals surface area contributed by atoms with Crippen LogP contribution in [0.1, 0.15) is 11.1 Å². The zero-order valence-corrected chi connectivity index (χ0v) is 12.5. The number of aryl methyl sites for hydroxylation is 1. The van der Waals surface area contributed by atoms with Gasteiger partial charge < -0.3 is 4.57 Å². The largest absolute Gasteiger partial charge is 0.310 e. The van der Waals surface area contributed by atoms with Crippen LogP contribution in [0.2, 0.25) is 5.02 Å². The van der Waals surface area contributed by atoms with Crippen molar-refractivity contribution in [1.29, 1.82) is 0 Å². The predicted molar refractivity (Wildman–Crippen MR) is 78.7 cm³/mol. The summed E-state index contributed by atoms with van der Waals surface area (Å²) in [7, 11) is 0. The maximum Gasteiger partial charge on any atom is 0.251 e. The van der Waals surface area contributed by atoms with Crippen molar-refractivity contribution in [3.8, 4) is 0 Å². The van der Waals surface area contributed by atoms with Gasteiger partial charge >= 0.3 is 0 Å². The van der Waals surface area contributed by atoms with Crippen molar-refractivity contribution in [1.82, 2.24) is 4.57 Å². The average Bonchev–Trinajstić information content (AvgIpc) is 2.32. The topological polar surface area (TPSA) is 22.0 Å². The van der Waals surface area contributed by atoms with Gasteiger partial charge in [-0.1, -0.05) is 23.7 Å². The molecule has 5 heteroatoms. The Balaban J connectivity index is 2.43. The molecule has 1 aromatic heterocycles. The van der Waals surface area contributed by atoms with Crippen LogP contribution in [0.5, 0.6) is 0 Å². The van der Waals surface area contributed by atoms with Crippen molar-refractivity contribution in [2.75, 3.05) is 0 Å². The summed E-state index contributed by atoms with van der Waals surface area (Å²) >= 11 is 7.86. The van der Waals surface area contributed by atoms with E-state index < -0.39 is 5.82 Å². The fourth-order valence-electron chi connectivity index (χ4n) is 1.62. The van der Waals surface area contributed by atoms with Crippen LogP contribution in [-0.2, 0) is 6.54 Å². The molecule has 2 aromatic rings. The number of halogens is 3. The first-order valence-corrected chi connectivity index (χ1v) is 6.74. The molecule has 0 bridgehead atoms.